The average Bonchev–Trinajstić information content (AvgIpc) is 2.41. The van der Waals surface area contributed by atoms with Crippen molar-refractivity contribution in [1.82, 2.24) is 0 Å². The Balaban J connectivity index is 0.00000137. The molecule has 0 bridgehead atoms. The number of halogens is 1. The molecule has 0 aliphatic heterocycles. The summed E-state index contributed by atoms with van der Waals surface area (Å²) in [7, 11) is 0. The van der Waals surface area contributed by atoms with Gasteiger partial charge in [-0.2, -0.15) is 0 Å². The molecule has 0 amide bonds. The first kappa shape index (κ1) is 17.5. The minimum Gasteiger partial charge on any atom is -0.122 e. The number of rotatable bonds is 5. The van der Waals surface area contributed by atoms with Gasteiger partial charge >= 0.3 is 0 Å². The van der Waals surface area contributed by atoms with Crippen LogP contribution in [0, 0.1) is 5.92 Å². The normalized spacial score (nSPS) is 13.8. The van der Waals surface area contributed by atoms with E-state index in [0.29, 0.717) is 11.8 Å². The van der Waals surface area contributed by atoms with Crippen molar-refractivity contribution >= 4 is 11.6 Å². The number of alkyl halides is 1. The third-order valence-corrected chi connectivity index (χ3v) is 4.09. The second kappa shape index (κ2) is 8.58. The molecule has 104 valence electrons. The maximum Gasteiger partial charge on any atom is 0.0474 e. The van der Waals surface area contributed by atoms with Crippen LogP contribution in [0.4, 0.5) is 0 Å². The van der Waals surface area contributed by atoms with E-state index < -0.39 is 0 Å². The van der Waals surface area contributed by atoms with Crippen molar-refractivity contribution < 1.29 is 0 Å². The third-order valence-electron chi connectivity index (χ3n) is 3.78. The standard InChI is InChI=1S/C15H23Cl.C2H6/c1-5-9-15(4,12(2)3)14-8-6-7-13(10-14)11-16;1-2/h6-8,10,12H,5,9,11H2,1-4H3;1-2H3. The molecule has 18 heavy (non-hydrogen) atoms. The molecule has 0 heterocycles. The predicted molar refractivity (Wildman–Crippen MR) is 84.4 cm³/mol. The van der Waals surface area contributed by atoms with Crippen LogP contribution >= 0.6 is 11.6 Å². The highest BCUT2D eigenvalue weighted by Crippen LogP contribution is 2.36. The topological polar surface area (TPSA) is 0 Å². The van der Waals surface area contributed by atoms with E-state index in [0.717, 1.165) is 0 Å². The number of hydrogen-bond acceptors (Lipinski definition) is 0. The van der Waals surface area contributed by atoms with Gasteiger partial charge in [0.15, 0.2) is 0 Å². The average molecular weight is 269 g/mol. The second-order valence-electron chi connectivity index (χ2n) is 5.16. The van der Waals surface area contributed by atoms with Gasteiger partial charge in [-0.1, -0.05) is 72.2 Å². The van der Waals surface area contributed by atoms with Crippen LogP contribution in [0.2, 0.25) is 0 Å². The van der Waals surface area contributed by atoms with E-state index in [9.17, 15) is 0 Å². The van der Waals surface area contributed by atoms with Crippen LogP contribution in [0.15, 0.2) is 24.3 Å². The maximum atomic E-state index is 5.91. The summed E-state index contributed by atoms with van der Waals surface area (Å²) in [6.45, 7) is 13.2. The Morgan fingerprint density at radius 1 is 1.22 bits per heavy atom. The molecule has 1 aromatic carbocycles. The lowest BCUT2D eigenvalue weighted by Gasteiger charge is -2.34. The Labute approximate surface area is 119 Å². The second-order valence-corrected chi connectivity index (χ2v) is 5.42. The molecule has 1 rings (SSSR count). The van der Waals surface area contributed by atoms with Gasteiger partial charge in [-0.15, -0.1) is 11.6 Å². The van der Waals surface area contributed by atoms with E-state index in [4.69, 9.17) is 11.6 Å². The van der Waals surface area contributed by atoms with Crippen molar-refractivity contribution in [2.75, 3.05) is 0 Å². The Hall–Kier alpha value is -0.490. The largest absolute Gasteiger partial charge is 0.122 e. The first-order chi connectivity index (χ1) is 8.54. The summed E-state index contributed by atoms with van der Waals surface area (Å²) in [5.41, 5.74) is 2.93. The van der Waals surface area contributed by atoms with Gasteiger partial charge in [-0.3, -0.25) is 0 Å². The van der Waals surface area contributed by atoms with Crippen molar-refractivity contribution in [2.24, 2.45) is 5.92 Å². The summed E-state index contributed by atoms with van der Waals surface area (Å²) >= 11 is 5.91. The summed E-state index contributed by atoms with van der Waals surface area (Å²) in [5, 5.41) is 0. The van der Waals surface area contributed by atoms with E-state index in [1.54, 1.807) is 0 Å². The fraction of sp³-hybridized carbons (Fsp3) is 0.647. The van der Waals surface area contributed by atoms with Crippen LogP contribution in [0.5, 0.6) is 0 Å². The van der Waals surface area contributed by atoms with Crippen molar-refractivity contribution in [3.8, 4) is 0 Å². The van der Waals surface area contributed by atoms with Crippen LogP contribution < -0.4 is 0 Å². The quantitative estimate of drug-likeness (QED) is 0.561. The van der Waals surface area contributed by atoms with Crippen LogP contribution in [0.25, 0.3) is 0 Å². The van der Waals surface area contributed by atoms with Gasteiger partial charge in [-0.05, 0) is 28.9 Å². The Morgan fingerprint density at radius 2 is 1.83 bits per heavy atom. The molecule has 1 heteroatoms. The smallest absolute Gasteiger partial charge is 0.0474 e. The highest BCUT2D eigenvalue weighted by Gasteiger charge is 2.29. The van der Waals surface area contributed by atoms with Crippen LogP contribution in [0.3, 0.4) is 0 Å². The van der Waals surface area contributed by atoms with E-state index in [2.05, 4.69) is 52.0 Å². The number of benzene rings is 1. The van der Waals surface area contributed by atoms with Crippen molar-refractivity contribution in [3.05, 3.63) is 35.4 Å². The molecule has 0 aliphatic rings. The van der Waals surface area contributed by atoms with Gasteiger partial charge in [0, 0.05) is 5.88 Å². The SMILES string of the molecule is CC.CCCC(C)(c1cccc(CCl)c1)C(C)C. The summed E-state index contributed by atoms with van der Waals surface area (Å²) in [6.07, 6.45) is 2.45. The molecule has 0 radical (unpaired) electrons. The highest BCUT2D eigenvalue weighted by molar-refractivity contribution is 6.17. The minimum absolute atomic E-state index is 0.275. The summed E-state index contributed by atoms with van der Waals surface area (Å²) in [4.78, 5) is 0. The summed E-state index contributed by atoms with van der Waals surface area (Å²) in [5.74, 6) is 1.26. The molecule has 0 fully saturated rings. The zero-order valence-electron chi connectivity index (χ0n) is 12.9. The van der Waals surface area contributed by atoms with E-state index >= 15 is 0 Å². The van der Waals surface area contributed by atoms with Crippen LogP contribution in [0.1, 0.15) is 65.5 Å². The monoisotopic (exact) mass is 268 g/mol. The molecule has 0 spiro atoms. The third kappa shape index (κ3) is 4.31. The summed E-state index contributed by atoms with van der Waals surface area (Å²) in [6, 6.07) is 8.74. The Kier molecular flexibility index (Phi) is 8.35. The molecule has 0 nitrogen and oxygen atoms in total. The molecule has 0 aromatic heterocycles. The zero-order valence-corrected chi connectivity index (χ0v) is 13.6. The van der Waals surface area contributed by atoms with Gasteiger partial charge in [0.25, 0.3) is 0 Å². The molecule has 1 aromatic rings. The van der Waals surface area contributed by atoms with Gasteiger partial charge in [0.2, 0.25) is 0 Å². The Morgan fingerprint density at radius 3 is 2.28 bits per heavy atom. The maximum absolute atomic E-state index is 5.91. The van der Waals surface area contributed by atoms with E-state index in [-0.39, 0.29) is 5.41 Å². The molecule has 1 atom stereocenters. The predicted octanol–water partition coefficient (Wildman–Crippen LogP) is 6.17. The molecule has 0 aliphatic carbocycles. The van der Waals surface area contributed by atoms with Gasteiger partial charge in [0.05, 0.1) is 0 Å². The van der Waals surface area contributed by atoms with Crippen LogP contribution in [-0.4, -0.2) is 0 Å². The van der Waals surface area contributed by atoms with E-state index in [1.807, 2.05) is 13.8 Å². The first-order valence-electron chi connectivity index (χ1n) is 7.20. The molecule has 0 saturated heterocycles. The molecule has 1 unspecified atom stereocenters. The lowest BCUT2D eigenvalue weighted by Crippen LogP contribution is -2.28. The minimum atomic E-state index is 0.275. The van der Waals surface area contributed by atoms with Crippen molar-refractivity contribution in [3.63, 3.8) is 0 Å². The lowest BCUT2D eigenvalue weighted by molar-refractivity contribution is 0.311. The molecule has 0 N–H and O–H groups in total. The van der Waals surface area contributed by atoms with Gasteiger partial charge < -0.3 is 0 Å². The lowest BCUT2D eigenvalue weighted by atomic mass is 9.70. The number of hydrogen-bond donors (Lipinski definition) is 0. The first-order valence-corrected chi connectivity index (χ1v) is 7.73. The fourth-order valence-electron chi connectivity index (χ4n) is 2.30. The Bertz CT molecular complexity index is 330. The fourth-order valence-corrected chi connectivity index (χ4v) is 2.46. The van der Waals surface area contributed by atoms with Crippen molar-refractivity contribution in [2.45, 2.75) is 65.7 Å². The zero-order chi connectivity index (χ0) is 14.2. The highest BCUT2D eigenvalue weighted by atomic mass is 35.5. The van der Waals surface area contributed by atoms with Crippen LogP contribution in [-0.2, 0) is 11.3 Å². The summed E-state index contributed by atoms with van der Waals surface area (Å²) < 4.78 is 0. The molecular formula is C17H29Cl. The van der Waals surface area contributed by atoms with E-state index in [1.165, 1.54) is 24.0 Å². The molecular weight excluding hydrogens is 240 g/mol. The van der Waals surface area contributed by atoms with Crippen molar-refractivity contribution in [1.29, 1.82) is 0 Å². The molecule has 0 saturated carbocycles. The van der Waals surface area contributed by atoms with Gasteiger partial charge in [-0.25, -0.2) is 0 Å². The van der Waals surface area contributed by atoms with Gasteiger partial charge in [0.1, 0.15) is 0 Å².